The lowest BCUT2D eigenvalue weighted by Gasteiger charge is -2.27. The van der Waals surface area contributed by atoms with E-state index in [0.717, 1.165) is 24.2 Å². The highest BCUT2D eigenvalue weighted by molar-refractivity contribution is 5.93. The van der Waals surface area contributed by atoms with Gasteiger partial charge in [0.2, 0.25) is 0 Å². The van der Waals surface area contributed by atoms with Crippen molar-refractivity contribution in [2.24, 2.45) is 5.10 Å². The summed E-state index contributed by atoms with van der Waals surface area (Å²) in [5.41, 5.74) is 10.9. The monoisotopic (exact) mass is 423 g/mol. The predicted octanol–water partition coefficient (Wildman–Crippen LogP) is 6.83. The van der Waals surface area contributed by atoms with Crippen LogP contribution in [0.5, 0.6) is 0 Å². The Labute approximate surface area is 192 Å². The molecule has 1 atom stereocenters. The third-order valence-corrected chi connectivity index (χ3v) is 6.56. The number of nitrogens with zero attached hydrogens (tertiary/aromatic N) is 3. The van der Waals surface area contributed by atoms with Crippen LogP contribution in [0.4, 0.5) is 0 Å². The second-order valence-electron chi connectivity index (χ2n) is 9.05. The fraction of sp³-hybridized carbons (Fsp3) is 0.276. The molecule has 3 aromatic rings. The van der Waals surface area contributed by atoms with Gasteiger partial charge in [0.05, 0.1) is 18.5 Å². The summed E-state index contributed by atoms with van der Waals surface area (Å²) in [4.78, 5) is 0. The summed E-state index contributed by atoms with van der Waals surface area (Å²) in [5, 5.41) is 6.75. The lowest BCUT2D eigenvalue weighted by atomic mass is 9.94. The number of fused-ring (bicyclic) bond motifs is 1. The molecule has 2 heterocycles. The maximum atomic E-state index is 4.74. The first-order valence-electron chi connectivity index (χ1n) is 11.3. The molecule has 0 radical (unpaired) electrons. The maximum absolute atomic E-state index is 4.74. The second-order valence-corrected chi connectivity index (χ2v) is 9.05. The number of benzene rings is 2. The zero-order valence-corrected chi connectivity index (χ0v) is 19.7. The molecule has 1 aliphatic rings. The zero-order valence-electron chi connectivity index (χ0n) is 19.7. The highest BCUT2D eigenvalue weighted by Crippen LogP contribution is 2.34. The summed E-state index contributed by atoms with van der Waals surface area (Å²) in [7, 11) is 0. The number of aromatic nitrogens is 1. The van der Waals surface area contributed by atoms with Crippen LogP contribution in [0, 0.1) is 20.8 Å². The number of hydrogen-bond donors (Lipinski definition) is 0. The molecule has 32 heavy (non-hydrogen) atoms. The standard InChI is InChI=1S/C29H33N3/c1-20-12-14-26(15-13-20)19-31-23(4)28-17-30-32(25(6)29(28)24(31)5)18-21(2)16-22(3)27-10-8-7-9-11-27/h7-15,17,22H,2,6,16,18-19H2,1,3-5H3. The summed E-state index contributed by atoms with van der Waals surface area (Å²) in [6.07, 6.45) is 2.93. The van der Waals surface area contributed by atoms with Gasteiger partial charge in [0.1, 0.15) is 0 Å². The third-order valence-electron chi connectivity index (χ3n) is 6.56. The predicted molar refractivity (Wildman–Crippen MR) is 136 cm³/mol. The van der Waals surface area contributed by atoms with E-state index in [1.54, 1.807) is 0 Å². The van der Waals surface area contributed by atoms with E-state index in [0.29, 0.717) is 12.5 Å². The average Bonchev–Trinajstić information content (AvgIpc) is 3.02. The van der Waals surface area contributed by atoms with Gasteiger partial charge in [-0.2, -0.15) is 5.10 Å². The molecule has 0 fully saturated rings. The zero-order chi connectivity index (χ0) is 22.8. The van der Waals surface area contributed by atoms with E-state index >= 15 is 0 Å². The molecule has 164 valence electrons. The molecule has 1 aromatic heterocycles. The number of hydrazone groups is 1. The quantitative estimate of drug-likeness (QED) is 0.381. The van der Waals surface area contributed by atoms with Crippen LogP contribution in [0.3, 0.4) is 0 Å². The van der Waals surface area contributed by atoms with Crippen molar-refractivity contribution in [2.45, 2.75) is 46.6 Å². The summed E-state index contributed by atoms with van der Waals surface area (Å²) in [6.45, 7) is 19.1. The molecule has 0 bridgehead atoms. The van der Waals surface area contributed by atoms with Gasteiger partial charge in [0, 0.05) is 29.1 Å². The largest absolute Gasteiger partial charge is 0.343 e. The number of aryl methyl sites for hydroxylation is 1. The van der Waals surface area contributed by atoms with E-state index in [2.05, 4.69) is 100 Å². The Morgan fingerprint density at radius 2 is 1.66 bits per heavy atom. The van der Waals surface area contributed by atoms with Crippen molar-refractivity contribution in [2.75, 3.05) is 6.54 Å². The van der Waals surface area contributed by atoms with E-state index in [1.165, 1.54) is 39.2 Å². The van der Waals surface area contributed by atoms with Crippen LogP contribution < -0.4 is 0 Å². The van der Waals surface area contributed by atoms with E-state index < -0.39 is 0 Å². The highest BCUT2D eigenvalue weighted by Gasteiger charge is 2.25. The minimum atomic E-state index is 0.431. The fourth-order valence-corrected chi connectivity index (χ4v) is 4.61. The van der Waals surface area contributed by atoms with Crippen LogP contribution in [-0.2, 0) is 6.54 Å². The van der Waals surface area contributed by atoms with Crippen molar-refractivity contribution in [3.05, 3.63) is 113 Å². The van der Waals surface area contributed by atoms with Gasteiger partial charge in [-0.05, 0) is 44.2 Å². The first-order chi connectivity index (χ1) is 15.3. The van der Waals surface area contributed by atoms with Crippen molar-refractivity contribution >= 4 is 11.9 Å². The normalized spacial score (nSPS) is 13.9. The van der Waals surface area contributed by atoms with Crippen LogP contribution in [0.25, 0.3) is 5.70 Å². The van der Waals surface area contributed by atoms with Crippen molar-refractivity contribution in [1.82, 2.24) is 9.58 Å². The molecule has 0 N–H and O–H groups in total. The van der Waals surface area contributed by atoms with Crippen molar-refractivity contribution in [3.63, 3.8) is 0 Å². The molecule has 3 nitrogen and oxygen atoms in total. The minimum absolute atomic E-state index is 0.431. The van der Waals surface area contributed by atoms with Gasteiger partial charge >= 0.3 is 0 Å². The SMILES string of the molecule is C=C(CC(C)c1ccccc1)CN1N=Cc2c(c(C)n(Cc3ccc(C)cc3)c2C)C1=C. The smallest absolute Gasteiger partial charge is 0.0623 e. The molecular formula is C29H33N3. The molecule has 3 heteroatoms. The molecular weight excluding hydrogens is 390 g/mol. The molecule has 0 saturated heterocycles. The summed E-state index contributed by atoms with van der Waals surface area (Å²) >= 11 is 0. The van der Waals surface area contributed by atoms with Crippen molar-refractivity contribution in [3.8, 4) is 0 Å². The van der Waals surface area contributed by atoms with Crippen LogP contribution in [0.1, 0.15) is 58.5 Å². The molecule has 1 aliphatic heterocycles. The van der Waals surface area contributed by atoms with Gasteiger partial charge in [-0.25, -0.2) is 0 Å². The van der Waals surface area contributed by atoms with Crippen LogP contribution in [0.15, 0.2) is 78.4 Å². The summed E-state index contributed by atoms with van der Waals surface area (Å²) in [5.74, 6) is 0.431. The lowest BCUT2D eigenvalue weighted by Crippen LogP contribution is -2.22. The summed E-state index contributed by atoms with van der Waals surface area (Å²) in [6, 6.07) is 19.4. The lowest BCUT2D eigenvalue weighted by molar-refractivity contribution is 0.448. The third kappa shape index (κ3) is 4.34. The van der Waals surface area contributed by atoms with E-state index in [1.807, 2.05) is 11.2 Å². The Morgan fingerprint density at radius 3 is 2.34 bits per heavy atom. The molecule has 0 amide bonds. The Hall–Kier alpha value is -3.33. The number of hydrogen-bond acceptors (Lipinski definition) is 2. The molecule has 0 saturated carbocycles. The van der Waals surface area contributed by atoms with Gasteiger partial charge in [0.25, 0.3) is 0 Å². The number of rotatable bonds is 7. The van der Waals surface area contributed by atoms with Crippen LogP contribution >= 0.6 is 0 Å². The Morgan fingerprint density at radius 1 is 0.969 bits per heavy atom. The van der Waals surface area contributed by atoms with Crippen LogP contribution in [-0.4, -0.2) is 22.3 Å². The molecule has 2 aromatic carbocycles. The minimum Gasteiger partial charge on any atom is -0.343 e. The maximum Gasteiger partial charge on any atom is 0.0623 e. The molecule has 1 unspecified atom stereocenters. The Balaban J connectivity index is 1.49. The Kier molecular flexibility index (Phi) is 6.18. The molecule has 4 rings (SSSR count). The van der Waals surface area contributed by atoms with Crippen molar-refractivity contribution < 1.29 is 0 Å². The Bertz CT molecular complexity index is 1160. The van der Waals surface area contributed by atoms with Gasteiger partial charge in [-0.3, -0.25) is 5.01 Å². The van der Waals surface area contributed by atoms with Crippen LogP contribution in [0.2, 0.25) is 0 Å². The average molecular weight is 424 g/mol. The van der Waals surface area contributed by atoms with Gasteiger partial charge in [0.15, 0.2) is 0 Å². The van der Waals surface area contributed by atoms with E-state index in [9.17, 15) is 0 Å². The first-order valence-corrected chi connectivity index (χ1v) is 11.3. The second kappa shape index (κ2) is 9.04. The van der Waals surface area contributed by atoms with Gasteiger partial charge in [-0.1, -0.05) is 85.8 Å². The molecule has 0 spiro atoms. The van der Waals surface area contributed by atoms with Gasteiger partial charge in [-0.15, -0.1) is 0 Å². The molecule has 0 aliphatic carbocycles. The van der Waals surface area contributed by atoms with E-state index in [4.69, 9.17) is 5.10 Å². The van der Waals surface area contributed by atoms with E-state index in [-0.39, 0.29) is 0 Å². The fourth-order valence-electron chi connectivity index (χ4n) is 4.61. The summed E-state index contributed by atoms with van der Waals surface area (Å²) < 4.78 is 2.38. The van der Waals surface area contributed by atoms with Crippen molar-refractivity contribution in [1.29, 1.82) is 0 Å². The topological polar surface area (TPSA) is 20.5 Å². The highest BCUT2D eigenvalue weighted by atomic mass is 15.5. The van der Waals surface area contributed by atoms with Gasteiger partial charge < -0.3 is 4.57 Å². The first kappa shape index (κ1) is 21.9.